The molecule has 38 heavy (non-hydrogen) atoms. The van der Waals surface area contributed by atoms with Crippen molar-refractivity contribution in [1.29, 1.82) is 0 Å². The summed E-state index contributed by atoms with van der Waals surface area (Å²) in [6.07, 6.45) is 1.77. The van der Waals surface area contributed by atoms with Crippen LogP contribution in [0.1, 0.15) is 53.8 Å². The smallest absolute Gasteiger partial charge is 0.310 e. The predicted molar refractivity (Wildman–Crippen MR) is 151 cm³/mol. The van der Waals surface area contributed by atoms with Gasteiger partial charge in [-0.1, -0.05) is 81.1 Å². The SMILES string of the molecule is C=CCOC(=O)[C@@H](CC(=O)OCC1c2ccccc2-c2ccccc21)Cc1nc2ccc(C(C)C)cc2s1. The first kappa shape index (κ1) is 25.9. The molecule has 0 aliphatic heterocycles. The summed E-state index contributed by atoms with van der Waals surface area (Å²) in [6.45, 7) is 8.25. The van der Waals surface area contributed by atoms with Gasteiger partial charge in [0.25, 0.3) is 0 Å². The summed E-state index contributed by atoms with van der Waals surface area (Å²) in [7, 11) is 0. The molecule has 3 aromatic carbocycles. The number of ether oxygens (including phenoxy) is 2. The van der Waals surface area contributed by atoms with Crippen LogP contribution in [0.15, 0.2) is 79.4 Å². The molecule has 0 N–H and O–H groups in total. The van der Waals surface area contributed by atoms with E-state index in [-0.39, 0.29) is 25.6 Å². The fourth-order valence-corrected chi connectivity index (χ4v) is 6.12. The Morgan fingerprint density at radius 1 is 1.00 bits per heavy atom. The van der Waals surface area contributed by atoms with Crippen molar-refractivity contribution in [3.8, 4) is 11.1 Å². The van der Waals surface area contributed by atoms with E-state index >= 15 is 0 Å². The molecule has 1 atom stereocenters. The molecule has 1 heterocycles. The van der Waals surface area contributed by atoms with Gasteiger partial charge in [-0.25, -0.2) is 4.98 Å². The Kier molecular flexibility index (Phi) is 7.70. The number of hydrogen-bond acceptors (Lipinski definition) is 6. The van der Waals surface area contributed by atoms with Gasteiger partial charge in [-0.2, -0.15) is 0 Å². The minimum Gasteiger partial charge on any atom is -0.465 e. The molecule has 1 aliphatic rings. The molecule has 1 aromatic heterocycles. The van der Waals surface area contributed by atoms with Crippen molar-refractivity contribution >= 4 is 33.5 Å². The Morgan fingerprint density at radius 3 is 2.34 bits per heavy atom. The minimum absolute atomic E-state index is 0.0306. The second-order valence-corrected chi connectivity index (χ2v) is 11.0. The van der Waals surface area contributed by atoms with Crippen LogP contribution in [-0.2, 0) is 25.5 Å². The van der Waals surface area contributed by atoms with E-state index < -0.39 is 17.9 Å². The fourth-order valence-electron chi connectivity index (χ4n) is 5.02. The van der Waals surface area contributed by atoms with Crippen LogP contribution in [0.5, 0.6) is 0 Å². The third-order valence-corrected chi connectivity index (χ3v) is 8.05. The molecule has 4 aromatic rings. The number of carbonyl (C=O) groups is 2. The number of esters is 2. The van der Waals surface area contributed by atoms with Gasteiger partial charge >= 0.3 is 11.9 Å². The summed E-state index contributed by atoms with van der Waals surface area (Å²) in [5.41, 5.74) is 6.79. The number of fused-ring (bicyclic) bond motifs is 4. The van der Waals surface area contributed by atoms with E-state index in [2.05, 4.69) is 56.8 Å². The molecule has 0 fully saturated rings. The molecule has 0 radical (unpaired) electrons. The van der Waals surface area contributed by atoms with Crippen LogP contribution in [0.2, 0.25) is 0 Å². The molecule has 194 valence electrons. The van der Waals surface area contributed by atoms with Gasteiger partial charge in [0.2, 0.25) is 0 Å². The predicted octanol–water partition coefficient (Wildman–Crippen LogP) is 7.05. The summed E-state index contributed by atoms with van der Waals surface area (Å²) >= 11 is 1.55. The topological polar surface area (TPSA) is 65.5 Å². The van der Waals surface area contributed by atoms with Gasteiger partial charge in [-0.15, -0.1) is 11.3 Å². The highest BCUT2D eigenvalue weighted by Gasteiger charge is 2.31. The largest absolute Gasteiger partial charge is 0.465 e. The first-order chi connectivity index (χ1) is 18.4. The van der Waals surface area contributed by atoms with E-state index in [0.717, 1.165) is 26.4 Å². The molecule has 6 heteroatoms. The van der Waals surface area contributed by atoms with Crippen molar-refractivity contribution < 1.29 is 19.1 Å². The molecule has 0 bridgehead atoms. The molecular formula is C32H31NO4S. The molecular weight excluding hydrogens is 494 g/mol. The summed E-state index contributed by atoms with van der Waals surface area (Å²) in [5, 5.41) is 0.799. The van der Waals surface area contributed by atoms with Crippen molar-refractivity contribution in [2.75, 3.05) is 13.2 Å². The first-order valence-corrected chi connectivity index (χ1v) is 13.8. The maximum atomic E-state index is 13.0. The van der Waals surface area contributed by atoms with E-state index in [1.54, 1.807) is 11.3 Å². The van der Waals surface area contributed by atoms with Crippen LogP contribution >= 0.6 is 11.3 Å². The zero-order valence-corrected chi connectivity index (χ0v) is 22.5. The van der Waals surface area contributed by atoms with Crippen LogP contribution in [0.3, 0.4) is 0 Å². The lowest BCUT2D eigenvalue weighted by atomic mass is 9.98. The number of thiazole rings is 1. The van der Waals surface area contributed by atoms with Crippen molar-refractivity contribution in [2.24, 2.45) is 5.92 Å². The monoisotopic (exact) mass is 525 g/mol. The van der Waals surface area contributed by atoms with Crippen LogP contribution in [0, 0.1) is 5.92 Å². The number of nitrogens with zero attached hydrogens (tertiary/aromatic N) is 1. The van der Waals surface area contributed by atoms with Crippen LogP contribution < -0.4 is 0 Å². The molecule has 5 nitrogen and oxygen atoms in total. The highest BCUT2D eigenvalue weighted by molar-refractivity contribution is 7.18. The first-order valence-electron chi connectivity index (χ1n) is 12.9. The number of aromatic nitrogens is 1. The maximum Gasteiger partial charge on any atom is 0.310 e. The lowest BCUT2D eigenvalue weighted by Gasteiger charge is -2.17. The second-order valence-electron chi connectivity index (χ2n) is 9.92. The lowest BCUT2D eigenvalue weighted by Crippen LogP contribution is -2.25. The number of rotatable bonds is 10. The van der Waals surface area contributed by atoms with Gasteiger partial charge in [0.1, 0.15) is 13.2 Å². The zero-order valence-electron chi connectivity index (χ0n) is 21.7. The normalized spacial score (nSPS) is 13.2. The average Bonchev–Trinajstić information content (AvgIpc) is 3.48. The molecule has 0 spiro atoms. The van der Waals surface area contributed by atoms with Crippen LogP contribution in [0.25, 0.3) is 21.3 Å². The average molecular weight is 526 g/mol. The van der Waals surface area contributed by atoms with Crippen LogP contribution in [-0.4, -0.2) is 30.1 Å². The zero-order chi connectivity index (χ0) is 26.6. The van der Waals surface area contributed by atoms with Gasteiger partial charge in [-0.3, -0.25) is 9.59 Å². The minimum atomic E-state index is -0.685. The molecule has 0 amide bonds. The summed E-state index contributed by atoms with van der Waals surface area (Å²) in [4.78, 5) is 30.6. The van der Waals surface area contributed by atoms with Crippen LogP contribution in [0.4, 0.5) is 0 Å². The van der Waals surface area contributed by atoms with E-state index in [1.807, 2.05) is 30.3 Å². The summed E-state index contributed by atoms with van der Waals surface area (Å²) in [5.74, 6) is -1.16. The van der Waals surface area contributed by atoms with Gasteiger partial charge in [0.05, 0.1) is 27.6 Å². The number of hydrogen-bond donors (Lipinski definition) is 0. The summed E-state index contributed by atoms with van der Waals surface area (Å²) in [6, 6.07) is 22.7. The van der Waals surface area contributed by atoms with Gasteiger partial charge in [0, 0.05) is 12.3 Å². The highest BCUT2D eigenvalue weighted by atomic mass is 32.1. The Morgan fingerprint density at radius 2 is 1.68 bits per heavy atom. The quantitative estimate of drug-likeness (QED) is 0.164. The molecule has 0 saturated carbocycles. The third-order valence-electron chi connectivity index (χ3n) is 7.01. The van der Waals surface area contributed by atoms with Gasteiger partial charge in [-0.05, 0) is 45.9 Å². The Hall–Kier alpha value is -3.77. The van der Waals surface area contributed by atoms with Crippen molar-refractivity contribution in [2.45, 2.75) is 38.5 Å². The van der Waals surface area contributed by atoms with Gasteiger partial charge in [0.15, 0.2) is 0 Å². The third kappa shape index (κ3) is 5.41. The van der Waals surface area contributed by atoms with E-state index in [4.69, 9.17) is 14.5 Å². The maximum absolute atomic E-state index is 13.0. The molecule has 0 unspecified atom stereocenters. The molecule has 5 rings (SSSR count). The number of carbonyl (C=O) groups excluding carboxylic acids is 2. The van der Waals surface area contributed by atoms with E-state index in [1.165, 1.54) is 22.8 Å². The van der Waals surface area contributed by atoms with E-state index in [9.17, 15) is 9.59 Å². The number of benzene rings is 3. The Labute approximate surface area is 227 Å². The van der Waals surface area contributed by atoms with E-state index in [0.29, 0.717) is 12.3 Å². The summed E-state index contributed by atoms with van der Waals surface area (Å²) < 4.78 is 12.2. The molecule has 0 saturated heterocycles. The highest BCUT2D eigenvalue weighted by Crippen LogP contribution is 2.44. The second kappa shape index (κ2) is 11.3. The lowest BCUT2D eigenvalue weighted by molar-refractivity contribution is -0.154. The van der Waals surface area contributed by atoms with Crippen molar-refractivity contribution in [3.05, 3.63) is 101 Å². The van der Waals surface area contributed by atoms with Gasteiger partial charge < -0.3 is 9.47 Å². The Bertz CT molecular complexity index is 1440. The molecule has 1 aliphatic carbocycles. The van der Waals surface area contributed by atoms with Crippen molar-refractivity contribution in [3.63, 3.8) is 0 Å². The standard InChI is InChI=1S/C32H31NO4S/c1-4-15-36-32(35)22(17-30-33-28-14-13-21(20(2)3)16-29(28)38-30)18-31(34)37-19-27-25-11-7-5-9-23(25)24-10-6-8-12-26(24)27/h4-14,16,20,22,27H,1,15,17-19H2,2-3H3/t22-/m1/s1. The fraction of sp³-hybridized carbons (Fsp3) is 0.281. The van der Waals surface area contributed by atoms with Crippen molar-refractivity contribution in [1.82, 2.24) is 4.98 Å². The Balaban J connectivity index is 1.30.